The molecule has 1 amide bonds. The van der Waals surface area contributed by atoms with E-state index in [4.69, 9.17) is 0 Å². The van der Waals surface area contributed by atoms with Gasteiger partial charge in [0.25, 0.3) is 0 Å². The minimum Gasteiger partial charge on any atom is -0.354 e. The Labute approximate surface area is 145 Å². The van der Waals surface area contributed by atoms with Crippen molar-refractivity contribution in [2.45, 2.75) is 52.0 Å². The number of hydrogen-bond donors (Lipinski definition) is 1. The third kappa shape index (κ3) is 4.26. The first kappa shape index (κ1) is 17.2. The first-order chi connectivity index (χ1) is 11.6. The molecule has 1 aliphatic heterocycles. The summed E-state index contributed by atoms with van der Waals surface area (Å²) in [6.45, 7) is 8.61. The van der Waals surface area contributed by atoms with Crippen molar-refractivity contribution in [3.05, 3.63) is 18.3 Å². The highest BCUT2D eigenvalue weighted by Gasteiger charge is 2.22. The number of nitrogens with one attached hydrogen (secondary N) is 1. The van der Waals surface area contributed by atoms with Crippen LogP contribution in [0.15, 0.2) is 18.3 Å². The van der Waals surface area contributed by atoms with E-state index in [9.17, 15) is 4.79 Å². The monoisotopic (exact) mass is 330 g/mol. The van der Waals surface area contributed by atoms with Crippen molar-refractivity contribution in [2.75, 3.05) is 36.4 Å². The summed E-state index contributed by atoms with van der Waals surface area (Å²) in [7, 11) is 0. The lowest BCUT2D eigenvalue weighted by molar-refractivity contribution is -0.120. The van der Waals surface area contributed by atoms with E-state index in [0.29, 0.717) is 6.04 Å². The SMILES string of the molecule is CC(C)N1CCN(c2cc(NC(=O)C3CCCCC3)ccn2)CC1. The smallest absolute Gasteiger partial charge is 0.227 e. The van der Waals surface area contributed by atoms with Gasteiger partial charge in [0.2, 0.25) is 5.91 Å². The summed E-state index contributed by atoms with van der Waals surface area (Å²) in [5.41, 5.74) is 0.877. The van der Waals surface area contributed by atoms with Crippen molar-refractivity contribution >= 4 is 17.4 Å². The van der Waals surface area contributed by atoms with Gasteiger partial charge < -0.3 is 10.2 Å². The van der Waals surface area contributed by atoms with Crippen LogP contribution in [0.3, 0.4) is 0 Å². The molecular formula is C19H30N4O. The van der Waals surface area contributed by atoms with E-state index in [-0.39, 0.29) is 11.8 Å². The number of hydrogen-bond acceptors (Lipinski definition) is 4. The van der Waals surface area contributed by atoms with Gasteiger partial charge >= 0.3 is 0 Å². The first-order valence-electron chi connectivity index (χ1n) is 9.39. The van der Waals surface area contributed by atoms with Gasteiger partial charge in [0, 0.05) is 56.1 Å². The third-order valence-corrected chi connectivity index (χ3v) is 5.36. The molecule has 5 heteroatoms. The molecule has 0 atom stereocenters. The lowest BCUT2D eigenvalue weighted by atomic mass is 9.88. The molecule has 0 unspecified atom stereocenters. The van der Waals surface area contributed by atoms with Gasteiger partial charge in [-0.15, -0.1) is 0 Å². The largest absolute Gasteiger partial charge is 0.354 e. The van der Waals surface area contributed by atoms with Crippen molar-refractivity contribution < 1.29 is 4.79 Å². The number of nitrogens with zero attached hydrogens (tertiary/aromatic N) is 3. The van der Waals surface area contributed by atoms with E-state index in [1.807, 2.05) is 12.1 Å². The zero-order chi connectivity index (χ0) is 16.9. The van der Waals surface area contributed by atoms with Crippen LogP contribution in [-0.2, 0) is 4.79 Å². The summed E-state index contributed by atoms with van der Waals surface area (Å²) in [6, 6.07) is 4.52. The van der Waals surface area contributed by atoms with Crippen LogP contribution in [0, 0.1) is 5.92 Å². The number of carbonyl (C=O) groups is 1. The standard InChI is InChI=1S/C19H30N4O/c1-15(2)22-10-12-23(13-11-22)18-14-17(8-9-20-18)21-19(24)16-6-4-3-5-7-16/h8-9,14-16H,3-7,10-13H2,1-2H3,(H,20,21,24). The van der Waals surface area contributed by atoms with Crippen LogP contribution >= 0.6 is 0 Å². The number of aromatic nitrogens is 1. The minimum absolute atomic E-state index is 0.177. The fraction of sp³-hybridized carbons (Fsp3) is 0.684. The van der Waals surface area contributed by atoms with E-state index < -0.39 is 0 Å². The molecule has 1 aromatic rings. The molecule has 1 saturated heterocycles. The maximum absolute atomic E-state index is 12.4. The molecule has 1 aromatic heterocycles. The highest BCUT2D eigenvalue weighted by Crippen LogP contribution is 2.25. The van der Waals surface area contributed by atoms with Crippen LogP contribution in [-0.4, -0.2) is 48.0 Å². The Morgan fingerprint density at radius 3 is 2.54 bits per heavy atom. The maximum Gasteiger partial charge on any atom is 0.227 e. The molecule has 3 rings (SSSR count). The predicted molar refractivity (Wildman–Crippen MR) is 98.4 cm³/mol. The van der Waals surface area contributed by atoms with Gasteiger partial charge in [-0.25, -0.2) is 4.98 Å². The second-order valence-corrected chi connectivity index (χ2v) is 7.34. The van der Waals surface area contributed by atoms with Gasteiger partial charge in [-0.1, -0.05) is 19.3 Å². The van der Waals surface area contributed by atoms with Crippen LogP contribution in [0.4, 0.5) is 11.5 Å². The summed E-state index contributed by atoms with van der Waals surface area (Å²) in [4.78, 5) is 21.7. The quantitative estimate of drug-likeness (QED) is 0.921. The zero-order valence-corrected chi connectivity index (χ0v) is 15.0. The number of pyridine rings is 1. The molecule has 1 saturated carbocycles. The molecule has 1 aliphatic carbocycles. The molecule has 2 fully saturated rings. The molecule has 0 spiro atoms. The van der Waals surface area contributed by atoms with Crippen LogP contribution in [0.2, 0.25) is 0 Å². The average Bonchev–Trinajstić information content (AvgIpc) is 2.63. The number of piperazine rings is 1. The number of anilines is 2. The Bertz CT molecular complexity index is 546. The molecule has 2 aliphatic rings. The van der Waals surface area contributed by atoms with Crippen molar-refractivity contribution in [2.24, 2.45) is 5.92 Å². The van der Waals surface area contributed by atoms with Crippen LogP contribution in [0.5, 0.6) is 0 Å². The number of rotatable bonds is 4. The van der Waals surface area contributed by atoms with E-state index in [1.54, 1.807) is 6.20 Å². The molecule has 2 heterocycles. The van der Waals surface area contributed by atoms with Gasteiger partial charge in [-0.05, 0) is 32.8 Å². The Hall–Kier alpha value is -1.62. The maximum atomic E-state index is 12.4. The Morgan fingerprint density at radius 2 is 1.88 bits per heavy atom. The first-order valence-corrected chi connectivity index (χ1v) is 9.39. The molecule has 5 nitrogen and oxygen atoms in total. The van der Waals surface area contributed by atoms with Crippen molar-refractivity contribution in [3.8, 4) is 0 Å². The zero-order valence-electron chi connectivity index (χ0n) is 15.0. The molecular weight excluding hydrogens is 300 g/mol. The highest BCUT2D eigenvalue weighted by molar-refractivity contribution is 5.92. The van der Waals surface area contributed by atoms with Gasteiger partial charge in [-0.2, -0.15) is 0 Å². The Balaban J connectivity index is 1.59. The van der Waals surface area contributed by atoms with Gasteiger partial charge in [0.15, 0.2) is 0 Å². The molecule has 1 N–H and O–H groups in total. The second-order valence-electron chi connectivity index (χ2n) is 7.34. The summed E-state index contributed by atoms with van der Waals surface area (Å²) >= 11 is 0. The van der Waals surface area contributed by atoms with Crippen molar-refractivity contribution in [1.82, 2.24) is 9.88 Å². The topological polar surface area (TPSA) is 48.5 Å². The average molecular weight is 330 g/mol. The predicted octanol–water partition coefficient (Wildman–Crippen LogP) is 3.13. The van der Waals surface area contributed by atoms with E-state index >= 15 is 0 Å². The van der Waals surface area contributed by atoms with Gasteiger partial charge in [-0.3, -0.25) is 9.69 Å². The lowest BCUT2D eigenvalue weighted by Crippen LogP contribution is -2.49. The number of carbonyl (C=O) groups excluding carboxylic acids is 1. The lowest BCUT2D eigenvalue weighted by Gasteiger charge is -2.37. The summed E-state index contributed by atoms with van der Waals surface area (Å²) in [5.74, 6) is 1.33. The highest BCUT2D eigenvalue weighted by atomic mass is 16.1. The Morgan fingerprint density at radius 1 is 1.17 bits per heavy atom. The molecule has 132 valence electrons. The normalized spacial score (nSPS) is 20.4. The summed E-state index contributed by atoms with van der Waals surface area (Å²) < 4.78 is 0. The molecule has 0 aromatic carbocycles. The van der Waals surface area contributed by atoms with E-state index in [1.165, 1.54) is 19.3 Å². The van der Waals surface area contributed by atoms with Crippen molar-refractivity contribution in [3.63, 3.8) is 0 Å². The second kappa shape index (κ2) is 7.97. The third-order valence-electron chi connectivity index (χ3n) is 5.36. The van der Waals surface area contributed by atoms with Crippen molar-refractivity contribution in [1.29, 1.82) is 0 Å². The molecule has 0 bridgehead atoms. The Kier molecular flexibility index (Phi) is 5.72. The van der Waals surface area contributed by atoms with E-state index in [2.05, 4.69) is 33.9 Å². The van der Waals surface area contributed by atoms with Crippen LogP contribution in [0.25, 0.3) is 0 Å². The summed E-state index contributed by atoms with van der Waals surface area (Å²) in [5, 5.41) is 3.10. The molecule has 0 radical (unpaired) electrons. The minimum atomic E-state index is 0.177. The van der Waals surface area contributed by atoms with E-state index in [0.717, 1.165) is 50.5 Å². The van der Waals surface area contributed by atoms with Gasteiger partial charge in [0.05, 0.1) is 0 Å². The summed E-state index contributed by atoms with van der Waals surface area (Å²) in [6.07, 6.45) is 7.49. The fourth-order valence-corrected chi connectivity index (χ4v) is 3.75. The fourth-order valence-electron chi connectivity index (χ4n) is 3.75. The van der Waals surface area contributed by atoms with Crippen LogP contribution < -0.4 is 10.2 Å². The van der Waals surface area contributed by atoms with Gasteiger partial charge in [0.1, 0.15) is 5.82 Å². The number of amides is 1. The van der Waals surface area contributed by atoms with Crippen LogP contribution in [0.1, 0.15) is 46.0 Å². The molecule has 24 heavy (non-hydrogen) atoms.